The van der Waals surface area contributed by atoms with Crippen molar-refractivity contribution >= 4 is 52.6 Å². The molecular weight excluding hydrogens is 515 g/mol. The van der Waals surface area contributed by atoms with E-state index in [9.17, 15) is 4.79 Å². The molecule has 7 nitrogen and oxygen atoms in total. The van der Waals surface area contributed by atoms with E-state index in [0.29, 0.717) is 13.0 Å². The van der Waals surface area contributed by atoms with E-state index in [1.807, 2.05) is 42.2 Å². The normalized spacial score (nSPS) is 14.0. The van der Waals surface area contributed by atoms with Crippen LogP contribution < -0.4 is 15.5 Å². The highest BCUT2D eigenvalue weighted by atomic mass is 127. The number of para-hydroxylation sites is 2. The molecule has 0 spiro atoms. The van der Waals surface area contributed by atoms with Crippen LogP contribution in [-0.4, -0.2) is 41.1 Å². The van der Waals surface area contributed by atoms with Gasteiger partial charge in [-0.3, -0.25) is 4.79 Å². The fraction of sp³-hybridized carbons (Fsp3) is 0.375. The van der Waals surface area contributed by atoms with Crippen molar-refractivity contribution < 1.29 is 4.79 Å². The summed E-state index contributed by atoms with van der Waals surface area (Å²) in [6.07, 6.45) is 1.59. The number of amides is 1. The average molecular weight is 546 g/mol. The molecule has 2 N–H and O–H groups in total. The predicted molar refractivity (Wildman–Crippen MR) is 141 cm³/mol. The predicted octanol–water partition coefficient (Wildman–Crippen LogP) is 3.84. The number of hydrogen-bond donors (Lipinski definition) is 2. The average Bonchev–Trinajstić information content (AvgIpc) is 3.35. The number of aliphatic imine (C=N–C) groups is 1. The van der Waals surface area contributed by atoms with Gasteiger partial charge in [0.1, 0.15) is 5.82 Å². The Morgan fingerprint density at radius 3 is 2.62 bits per heavy atom. The molecule has 1 aliphatic heterocycles. The standard InChI is InChI=1S/C24H30N6O.HI/c1-3-25-24(26-14-16-29-18(2)28-21-7-4-5-8-22(21)29)27-17-19-10-12-20(13-11-19)30-15-6-9-23(30)31;/h4-5,7-8,10-13H,3,6,9,14-17H2,1-2H3,(H2,25,26,27);1H. The molecule has 1 amide bonds. The first kappa shape index (κ1) is 24.0. The van der Waals surface area contributed by atoms with Crippen molar-refractivity contribution in [2.45, 2.75) is 39.8 Å². The van der Waals surface area contributed by atoms with Gasteiger partial charge in [0.15, 0.2) is 5.96 Å². The molecule has 1 aromatic heterocycles. The molecule has 3 aromatic rings. The smallest absolute Gasteiger partial charge is 0.227 e. The van der Waals surface area contributed by atoms with Crippen molar-refractivity contribution in [3.8, 4) is 0 Å². The number of nitrogens with zero attached hydrogens (tertiary/aromatic N) is 4. The molecule has 0 bridgehead atoms. The summed E-state index contributed by atoms with van der Waals surface area (Å²) in [5, 5.41) is 6.73. The van der Waals surface area contributed by atoms with Gasteiger partial charge in [-0.2, -0.15) is 0 Å². The molecule has 2 aromatic carbocycles. The number of hydrogen-bond acceptors (Lipinski definition) is 3. The molecule has 2 heterocycles. The molecule has 4 rings (SSSR count). The molecule has 1 saturated heterocycles. The summed E-state index contributed by atoms with van der Waals surface area (Å²) in [5.41, 5.74) is 4.27. The van der Waals surface area contributed by atoms with Crippen LogP contribution in [0.3, 0.4) is 0 Å². The Bertz CT molecular complexity index is 1080. The summed E-state index contributed by atoms with van der Waals surface area (Å²) in [7, 11) is 0. The van der Waals surface area contributed by atoms with E-state index in [-0.39, 0.29) is 29.9 Å². The van der Waals surface area contributed by atoms with Crippen molar-refractivity contribution in [1.82, 2.24) is 20.2 Å². The number of rotatable bonds is 7. The molecule has 0 aliphatic carbocycles. The number of aryl methyl sites for hydroxylation is 1. The summed E-state index contributed by atoms with van der Waals surface area (Å²) >= 11 is 0. The minimum atomic E-state index is 0. The molecule has 1 aliphatic rings. The third kappa shape index (κ3) is 5.59. The van der Waals surface area contributed by atoms with E-state index < -0.39 is 0 Å². The molecule has 0 unspecified atom stereocenters. The molecule has 0 radical (unpaired) electrons. The Hall–Kier alpha value is -2.62. The highest BCUT2D eigenvalue weighted by Crippen LogP contribution is 2.21. The minimum Gasteiger partial charge on any atom is -0.357 e. The lowest BCUT2D eigenvalue weighted by molar-refractivity contribution is -0.117. The lowest BCUT2D eigenvalue weighted by atomic mass is 10.2. The van der Waals surface area contributed by atoms with Crippen LogP contribution in [0.25, 0.3) is 11.0 Å². The van der Waals surface area contributed by atoms with Gasteiger partial charge in [-0.1, -0.05) is 24.3 Å². The number of imidazole rings is 1. The summed E-state index contributed by atoms with van der Waals surface area (Å²) in [5.74, 6) is 2.02. The van der Waals surface area contributed by atoms with E-state index in [1.54, 1.807) is 0 Å². The van der Waals surface area contributed by atoms with Crippen molar-refractivity contribution in [3.05, 3.63) is 59.9 Å². The highest BCUT2D eigenvalue weighted by molar-refractivity contribution is 14.0. The van der Waals surface area contributed by atoms with Gasteiger partial charge in [0.25, 0.3) is 0 Å². The van der Waals surface area contributed by atoms with E-state index >= 15 is 0 Å². The monoisotopic (exact) mass is 546 g/mol. The van der Waals surface area contributed by atoms with Gasteiger partial charge < -0.3 is 20.1 Å². The second-order valence-corrected chi connectivity index (χ2v) is 7.74. The van der Waals surface area contributed by atoms with Crippen LogP contribution >= 0.6 is 24.0 Å². The Labute approximate surface area is 206 Å². The van der Waals surface area contributed by atoms with Crippen LogP contribution in [0, 0.1) is 6.92 Å². The molecular formula is C24H31IN6O. The number of aromatic nitrogens is 2. The maximum Gasteiger partial charge on any atom is 0.227 e. The van der Waals surface area contributed by atoms with E-state index in [0.717, 1.165) is 66.7 Å². The largest absolute Gasteiger partial charge is 0.357 e. The van der Waals surface area contributed by atoms with Gasteiger partial charge in [0.05, 0.1) is 17.6 Å². The first-order chi connectivity index (χ1) is 15.2. The second kappa shape index (κ2) is 11.3. The molecule has 32 heavy (non-hydrogen) atoms. The third-order valence-electron chi connectivity index (χ3n) is 5.56. The molecule has 0 saturated carbocycles. The summed E-state index contributed by atoms with van der Waals surface area (Å²) in [4.78, 5) is 23.1. The zero-order chi connectivity index (χ0) is 21.6. The number of benzene rings is 2. The van der Waals surface area contributed by atoms with Gasteiger partial charge in [-0.25, -0.2) is 9.98 Å². The summed E-state index contributed by atoms with van der Waals surface area (Å²) in [6, 6.07) is 16.3. The number of anilines is 1. The molecule has 170 valence electrons. The number of nitrogens with one attached hydrogen (secondary N) is 2. The molecule has 0 atom stereocenters. The van der Waals surface area contributed by atoms with Crippen molar-refractivity contribution in [1.29, 1.82) is 0 Å². The van der Waals surface area contributed by atoms with Crippen LogP contribution in [0.4, 0.5) is 5.69 Å². The van der Waals surface area contributed by atoms with Gasteiger partial charge in [-0.15, -0.1) is 24.0 Å². The number of carbonyl (C=O) groups excluding carboxylic acids is 1. The lowest BCUT2D eigenvalue weighted by Crippen LogP contribution is -2.38. The van der Waals surface area contributed by atoms with Gasteiger partial charge in [0.2, 0.25) is 5.91 Å². The van der Waals surface area contributed by atoms with Crippen molar-refractivity contribution in [2.24, 2.45) is 4.99 Å². The molecule has 8 heteroatoms. The number of halogens is 1. The number of guanidine groups is 1. The maximum absolute atomic E-state index is 11.9. The van der Waals surface area contributed by atoms with E-state index in [2.05, 4.69) is 45.3 Å². The highest BCUT2D eigenvalue weighted by Gasteiger charge is 2.21. The van der Waals surface area contributed by atoms with Crippen LogP contribution in [0.2, 0.25) is 0 Å². The third-order valence-corrected chi connectivity index (χ3v) is 5.56. The zero-order valence-corrected chi connectivity index (χ0v) is 21.0. The topological polar surface area (TPSA) is 74.6 Å². The summed E-state index contributed by atoms with van der Waals surface area (Å²) < 4.78 is 2.23. The van der Waals surface area contributed by atoms with Crippen molar-refractivity contribution in [3.63, 3.8) is 0 Å². The fourth-order valence-electron chi connectivity index (χ4n) is 3.98. The Balaban J connectivity index is 0.00000289. The number of carbonyl (C=O) groups is 1. The lowest BCUT2D eigenvalue weighted by Gasteiger charge is -2.16. The quantitative estimate of drug-likeness (QED) is 0.268. The zero-order valence-electron chi connectivity index (χ0n) is 18.7. The Morgan fingerprint density at radius 2 is 1.91 bits per heavy atom. The van der Waals surface area contributed by atoms with Crippen LogP contribution in [0.1, 0.15) is 31.2 Å². The fourth-order valence-corrected chi connectivity index (χ4v) is 3.98. The maximum atomic E-state index is 11.9. The van der Waals surface area contributed by atoms with Crippen LogP contribution in [0.5, 0.6) is 0 Å². The first-order valence-corrected chi connectivity index (χ1v) is 11.0. The van der Waals surface area contributed by atoms with Gasteiger partial charge in [-0.05, 0) is 50.1 Å². The van der Waals surface area contributed by atoms with E-state index in [1.165, 1.54) is 0 Å². The molecule has 1 fully saturated rings. The van der Waals surface area contributed by atoms with Crippen LogP contribution in [-0.2, 0) is 17.9 Å². The Kier molecular flexibility index (Phi) is 8.49. The van der Waals surface area contributed by atoms with E-state index in [4.69, 9.17) is 4.99 Å². The first-order valence-electron chi connectivity index (χ1n) is 11.0. The summed E-state index contributed by atoms with van der Waals surface area (Å²) in [6.45, 7) is 7.87. The Morgan fingerprint density at radius 1 is 1.12 bits per heavy atom. The van der Waals surface area contributed by atoms with Crippen molar-refractivity contribution in [2.75, 3.05) is 24.5 Å². The van der Waals surface area contributed by atoms with Gasteiger partial charge in [0, 0.05) is 38.3 Å². The minimum absolute atomic E-state index is 0. The number of fused-ring (bicyclic) bond motifs is 1. The van der Waals surface area contributed by atoms with Gasteiger partial charge >= 0.3 is 0 Å². The van der Waals surface area contributed by atoms with Crippen LogP contribution in [0.15, 0.2) is 53.5 Å². The SMILES string of the molecule is CCNC(=NCc1ccc(N2CCCC2=O)cc1)NCCn1c(C)nc2ccccc21.I. The second-order valence-electron chi connectivity index (χ2n) is 7.74.